The van der Waals surface area contributed by atoms with Crippen LogP contribution in [0.4, 0.5) is 0 Å². The predicted molar refractivity (Wildman–Crippen MR) is 126 cm³/mol. The smallest absolute Gasteiger partial charge is 0.282 e. The van der Waals surface area contributed by atoms with Crippen molar-refractivity contribution in [1.82, 2.24) is 0 Å². The lowest BCUT2D eigenvalue weighted by Crippen LogP contribution is -1.96. The van der Waals surface area contributed by atoms with Gasteiger partial charge in [-0.2, -0.15) is 8.42 Å². The maximum atomic E-state index is 10.4. The zero-order valence-corrected chi connectivity index (χ0v) is 18.1. The van der Waals surface area contributed by atoms with Crippen LogP contribution in [-0.2, 0) is 10.1 Å². The van der Waals surface area contributed by atoms with E-state index in [1.165, 1.54) is 39.9 Å². The van der Waals surface area contributed by atoms with Crippen LogP contribution in [-0.4, -0.2) is 13.0 Å². The number of rotatable bonds is 3. The van der Waals surface area contributed by atoms with Crippen LogP contribution in [0.1, 0.15) is 5.56 Å². The number of thiol groups is 1. The molecule has 0 amide bonds. The first-order chi connectivity index (χ1) is 14.4. The predicted octanol–water partition coefficient (Wildman–Crippen LogP) is 6.55. The minimum Gasteiger partial charge on any atom is -0.282 e. The van der Waals surface area contributed by atoms with Crippen molar-refractivity contribution in [3.05, 3.63) is 109 Å². The van der Waals surface area contributed by atoms with Gasteiger partial charge in [0.2, 0.25) is 0 Å². The molecule has 0 heterocycles. The third kappa shape index (κ3) is 5.39. The third-order valence-electron chi connectivity index (χ3n) is 4.62. The monoisotopic (exact) mass is 434 g/mol. The lowest BCUT2D eigenvalue weighted by molar-refractivity contribution is 0.483. The molecule has 0 aliphatic heterocycles. The maximum absolute atomic E-state index is 10.4. The van der Waals surface area contributed by atoms with Gasteiger partial charge in [0, 0.05) is 4.90 Å². The van der Waals surface area contributed by atoms with Crippen LogP contribution in [0.2, 0.25) is 0 Å². The summed E-state index contributed by atoms with van der Waals surface area (Å²) in [6, 6.07) is 32.7. The zero-order chi connectivity index (χ0) is 21.6. The van der Waals surface area contributed by atoms with Gasteiger partial charge in [-0.05, 0) is 52.9 Å². The van der Waals surface area contributed by atoms with Crippen LogP contribution in [0.25, 0.3) is 22.3 Å². The molecule has 30 heavy (non-hydrogen) atoms. The molecular weight excluding hydrogens is 412 g/mol. The van der Waals surface area contributed by atoms with Crippen LogP contribution >= 0.6 is 12.6 Å². The molecule has 5 heteroatoms. The van der Waals surface area contributed by atoms with Crippen LogP contribution in [0.5, 0.6) is 0 Å². The first-order valence-electron chi connectivity index (χ1n) is 9.34. The highest BCUT2D eigenvalue weighted by Crippen LogP contribution is 2.37. The van der Waals surface area contributed by atoms with Crippen molar-refractivity contribution < 1.29 is 13.0 Å². The van der Waals surface area contributed by atoms with Crippen LogP contribution in [0.3, 0.4) is 0 Å². The summed E-state index contributed by atoms with van der Waals surface area (Å²) >= 11 is 4.58. The standard InChI is InChI=1S/C19H16S.C6H6O3S/c1-14-18(20)13-12-17(15-8-4-2-5-9-15)19(14)16-10-6-3-7-11-16;7-10(8,9)6-4-2-1-3-5-6/h2-13,20H,1H3;1-5H,(H,7,8,9). The van der Waals surface area contributed by atoms with E-state index in [0.717, 1.165) is 4.90 Å². The molecule has 0 saturated heterocycles. The molecule has 0 fully saturated rings. The highest BCUT2D eigenvalue weighted by Gasteiger charge is 2.11. The molecule has 0 unspecified atom stereocenters. The van der Waals surface area contributed by atoms with Gasteiger partial charge in [0.25, 0.3) is 10.1 Å². The molecule has 0 aliphatic carbocycles. The highest BCUT2D eigenvalue weighted by molar-refractivity contribution is 7.85. The van der Waals surface area contributed by atoms with E-state index in [4.69, 9.17) is 4.55 Å². The Balaban J connectivity index is 0.000000216. The Labute approximate surface area is 183 Å². The fourth-order valence-corrected chi connectivity index (χ4v) is 3.82. The summed E-state index contributed by atoms with van der Waals surface area (Å²) in [6.45, 7) is 2.14. The highest BCUT2D eigenvalue weighted by atomic mass is 32.2. The van der Waals surface area contributed by atoms with E-state index >= 15 is 0 Å². The molecule has 0 radical (unpaired) electrons. The van der Waals surface area contributed by atoms with Gasteiger partial charge in [-0.3, -0.25) is 4.55 Å². The second kappa shape index (κ2) is 9.76. The number of hydrogen-bond acceptors (Lipinski definition) is 3. The van der Waals surface area contributed by atoms with Gasteiger partial charge in [-0.15, -0.1) is 12.6 Å². The van der Waals surface area contributed by atoms with Gasteiger partial charge in [0.1, 0.15) is 0 Å². The SMILES string of the molecule is Cc1c(S)ccc(-c2ccccc2)c1-c1ccccc1.O=S(=O)(O)c1ccccc1. The van der Waals surface area contributed by atoms with E-state index < -0.39 is 10.1 Å². The Bertz CT molecular complexity index is 1210. The van der Waals surface area contributed by atoms with E-state index in [0.29, 0.717) is 0 Å². The molecule has 0 bridgehead atoms. The van der Waals surface area contributed by atoms with Crippen molar-refractivity contribution in [3.63, 3.8) is 0 Å². The second-order valence-electron chi connectivity index (χ2n) is 6.65. The fourth-order valence-electron chi connectivity index (χ4n) is 3.13. The molecule has 3 nitrogen and oxygen atoms in total. The summed E-state index contributed by atoms with van der Waals surface area (Å²) in [5, 5.41) is 0. The number of hydrogen-bond donors (Lipinski definition) is 2. The summed E-state index contributed by atoms with van der Waals surface area (Å²) in [7, 11) is -4.00. The largest absolute Gasteiger partial charge is 0.294 e. The average Bonchev–Trinajstić information content (AvgIpc) is 2.77. The van der Waals surface area contributed by atoms with Crippen molar-refractivity contribution in [1.29, 1.82) is 0 Å². The molecule has 4 aromatic carbocycles. The summed E-state index contributed by atoms with van der Waals surface area (Å²) in [5.74, 6) is 0. The minimum absolute atomic E-state index is 0.0741. The lowest BCUT2D eigenvalue weighted by Gasteiger charge is -2.15. The van der Waals surface area contributed by atoms with E-state index in [2.05, 4.69) is 80.2 Å². The van der Waals surface area contributed by atoms with E-state index in [-0.39, 0.29) is 4.90 Å². The molecule has 0 aliphatic rings. The van der Waals surface area contributed by atoms with Crippen LogP contribution < -0.4 is 0 Å². The summed E-state index contributed by atoms with van der Waals surface area (Å²) in [4.78, 5) is 0.957. The van der Waals surface area contributed by atoms with Crippen molar-refractivity contribution in [3.8, 4) is 22.3 Å². The van der Waals surface area contributed by atoms with E-state index in [9.17, 15) is 8.42 Å². The second-order valence-corrected chi connectivity index (χ2v) is 8.56. The Morgan fingerprint density at radius 3 is 1.60 bits per heavy atom. The molecule has 1 N–H and O–H groups in total. The van der Waals surface area contributed by atoms with Gasteiger partial charge >= 0.3 is 0 Å². The first-order valence-corrected chi connectivity index (χ1v) is 11.2. The average molecular weight is 435 g/mol. The van der Waals surface area contributed by atoms with E-state index in [1.807, 2.05) is 12.1 Å². The van der Waals surface area contributed by atoms with Crippen molar-refractivity contribution in [2.75, 3.05) is 0 Å². The minimum atomic E-state index is -4.00. The normalized spacial score (nSPS) is 10.8. The molecule has 0 aromatic heterocycles. The molecule has 152 valence electrons. The van der Waals surface area contributed by atoms with Crippen LogP contribution in [0.15, 0.2) is 113 Å². The van der Waals surface area contributed by atoms with Crippen molar-refractivity contribution >= 4 is 22.7 Å². The Morgan fingerprint density at radius 2 is 1.13 bits per heavy atom. The number of benzene rings is 4. The molecule has 0 saturated carbocycles. The summed E-state index contributed by atoms with van der Waals surface area (Å²) < 4.78 is 29.2. The molecule has 0 spiro atoms. The Hall–Kier alpha value is -2.86. The van der Waals surface area contributed by atoms with Gasteiger partial charge in [0.15, 0.2) is 0 Å². The van der Waals surface area contributed by atoms with Crippen molar-refractivity contribution in [2.45, 2.75) is 16.7 Å². The lowest BCUT2D eigenvalue weighted by atomic mass is 9.91. The fraction of sp³-hybridized carbons (Fsp3) is 0.0400. The molecule has 4 rings (SSSR count). The molecule has 4 aromatic rings. The van der Waals surface area contributed by atoms with Crippen molar-refractivity contribution in [2.24, 2.45) is 0 Å². The third-order valence-corrected chi connectivity index (χ3v) is 5.98. The summed E-state index contributed by atoms with van der Waals surface area (Å²) in [5.41, 5.74) is 6.22. The Kier molecular flexibility index (Phi) is 7.11. The maximum Gasteiger partial charge on any atom is 0.294 e. The summed E-state index contributed by atoms with van der Waals surface area (Å²) in [6.07, 6.45) is 0. The van der Waals surface area contributed by atoms with Gasteiger partial charge in [-0.25, -0.2) is 0 Å². The quantitative estimate of drug-likeness (QED) is 0.284. The Morgan fingerprint density at radius 1 is 0.667 bits per heavy atom. The van der Waals surface area contributed by atoms with Gasteiger partial charge in [0.05, 0.1) is 4.90 Å². The van der Waals surface area contributed by atoms with Gasteiger partial charge in [-0.1, -0.05) is 84.9 Å². The molecule has 0 atom stereocenters. The van der Waals surface area contributed by atoms with E-state index in [1.54, 1.807) is 18.2 Å². The first kappa shape index (κ1) is 21.8. The zero-order valence-electron chi connectivity index (χ0n) is 16.4. The van der Waals surface area contributed by atoms with Crippen LogP contribution in [0, 0.1) is 6.92 Å². The topological polar surface area (TPSA) is 54.4 Å². The molecular formula is C25H22O3S2. The van der Waals surface area contributed by atoms with Gasteiger partial charge < -0.3 is 0 Å².